The molecule has 0 aliphatic carbocycles. The molecule has 204 valence electrons. The highest BCUT2D eigenvalue weighted by Crippen LogP contribution is 2.23. The Balaban J connectivity index is 1.34. The Morgan fingerprint density at radius 3 is 2.95 bits per heavy atom. The monoisotopic (exact) mass is 525 g/mol. The summed E-state index contributed by atoms with van der Waals surface area (Å²) in [6.07, 6.45) is 6.85. The predicted molar refractivity (Wildman–Crippen MR) is 144 cm³/mol. The van der Waals surface area contributed by atoms with Crippen LogP contribution >= 0.6 is 0 Å². The van der Waals surface area contributed by atoms with Crippen LogP contribution in [-0.2, 0) is 22.4 Å². The van der Waals surface area contributed by atoms with E-state index < -0.39 is 11.9 Å². The van der Waals surface area contributed by atoms with Crippen molar-refractivity contribution in [3.8, 4) is 0 Å². The first kappa shape index (κ1) is 27.7. The standard InChI is InChI=1S/C28H37FN6O3/c1-20(36)24(33-28-26-23(29)9-5-10-25(26)31-19-35(28)37)13-16-34(17-18-38-2)15-4-3-8-22-12-11-21-7-6-14-30-27(21)32-22/h5,9-12,19,24,37H,3-4,6-8,13-18H2,1-2H3,(H,30,32)/p+1/t24-/m0/s1. The maximum Gasteiger partial charge on any atom is 0.274 e. The van der Waals surface area contributed by atoms with Gasteiger partial charge < -0.3 is 20.2 Å². The second kappa shape index (κ2) is 13.4. The number of ether oxygens (including phenoxy) is 1. The zero-order valence-electron chi connectivity index (χ0n) is 22.3. The Bertz CT molecular complexity index is 1240. The highest BCUT2D eigenvalue weighted by Gasteiger charge is 2.25. The maximum atomic E-state index is 14.6. The molecule has 0 amide bonds. The number of carbonyl (C=O) groups is 1. The zero-order valence-corrected chi connectivity index (χ0v) is 22.3. The second-order valence-electron chi connectivity index (χ2n) is 9.80. The maximum absolute atomic E-state index is 14.6. The molecule has 0 spiro atoms. The van der Waals surface area contributed by atoms with Gasteiger partial charge in [-0.05, 0) is 69.3 Å². The highest BCUT2D eigenvalue weighted by atomic mass is 19.1. The van der Waals surface area contributed by atoms with Gasteiger partial charge in [-0.2, -0.15) is 0 Å². The van der Waals surface area contributed by atoms with Crippen LogP contribution < -0.4 is 15.4 Å². The number of aryl methyl sites for hydroxylation is 2. The molecule has 0 saturated carbocycles. The number of pyridine rings is 1. The Hall–Kier alpha value is -3.37. The van der Waals surface area contributed by atoms with E-state index in [2.05, 4.69) is 32.7 Å². The van der Waals surface area contributed by atoms with Crippen molar-refractivity contribution in [1.29, 1.82) is 0 Å². The van der Waals surface area contributed by atoms with Crippen molar-refractivity contribution in [3.05, 3.63) is 53.7 Å². The summed E-state index contributed by atoms with van der Waals surface area (Å²) in [4.78, 5) is 23.6. The Kier molecular flexibility index (Phi) is 9.78. The number of nitrogens with zero attached hydrogens (tertiary/aromatic N) is 4. The minimum atomic E-state index is -0.601. The summed E-state index contributed by atoms with van der Waals surface area (Å²) in [7, 11) is 1.68. The lowest BCUT2D eigenvalue weighted by molar-refractivity contribution is -0.894. The van der Waals surface area contributed by atoms with Gasteiger partial charge in [-0.3, -0.25) is 10.1 Å². The molecule has 1 aliphatic heterocycles. The molecule has 0 fully saturated rings. The minimum Gasteiger partial charge on any atom is -0.383 e. The van der Waals surface area contributed by atoms with Crippen LogP contribution in [0.4, 0.5) is 16.0 Å². The van der Waals surface area contributed by atoms with E-state index >= 15 is 0 Å². The van der Waals surface area contributed by atoms with Gasteiger partial charge in [0, 0.05) is 38.9 Å². The van der Waals surface area contributed by atoms with Crippen LogP contribution in [0.15, 0.2) is 36.7 Å². The smallest absolute Gasteiger partial charge is 0.274 e. The number of anilines is 2. The van der Waals surface area contributed by atoms with E-state index in [1.165, 1.54) is 24.9 Å². The number of methoxy groups -OCH3 is 1. The molecule has 1 aliphatic rings. The molecule has 0 unspecified atom stereocenters. The van der Waals surface area contributed by atoms with Gasteiger partial charge in [-0.15, -0.1) is 4.98 Å². The van der Waals surface area contributed by atoms with Gasteiger partial charge in [-0.1, -0.05) is 16.9 Å². The van der Waals surface area contributed by atoms with Crippen molar-refractivity contribution in [2.45, 2.75) is 51.5 Å². The van der Waals surface area contributed by atoms with Gasteiger partial charge in [0.05, 0.1) is 6.61 Å². The van der Waals surface area contributed by atoms with Crippen molar-refractivity contribution in [2.75, 3.05) is 50.5 Å². The average Bonchev–Trinajstić information content (AvgIpc) is 2.92. The summed E-state index contributed by atoms with van der Waals surface area (Å²) in [5, 5.41) is 16.9. The third-order valence-corrected chi connectivity index (χ3v) is 7.02. The largest absolute Gasteiger partial charge is 0.383 e. The van der Waals surface area contributed by atoms with Gasteiger partial charge in [0.1, 0.15) is 23.1 Å². The van der Waals surface area contributed by atoms with Crippen molar-refractivity contribution in [3.63, 3.8) is 0 Å². The number of fused-ring (bicyclic) bond motifs is 2. The van der Waals surface area contributed by atoms with Crippen LogP contribution in [0.1, 0.15) is 43.9 Å². The summed E-state index contributed by atoms with van der Waals surface area (Å²) in [5.41, 5.74) is 2.80. The van der Waals surface area contributed by atoms with Crippen LogP contribution in [0.5, 0.6) is 0 Å². The SMILES string of the molecule is COCCN(CCCCc1ccc2c(n1)NCCC2)CC[C@H](Nc1c2c(F)cccc2nc[n+]1O)C(C)=O. The number of nitrogens with one attached hydrogen (secondary N) is 2. The molecule has 0 saturated heterocycles. The molecular weight excluding hydrogens is 487 g/mol. The van der Waals surface area contributed by atoms with Crippen LogP contribution in [-0.4, -0.2) is 71.8 Å². The fraction of sp³-hybridized carbons (Fsp3) is 0.500. The van der Waals surface area contributed by atoms with E-state index in [1.54, 1.807) is 19.2 Å². The molecule has 10 heteroatoms. The molecule has 3 aromatic rings. The Morgan fingerprint density at radius 2 is 2.13 bits per heavy atom. The topological polar surface area (TPSA) is 103 Å². The van der Waals surface area contributed by atoms with Crippen molar-refractivity contribution in [2.24, 2.45) is 0 Å². The van der Waals surface area contributed by atoms with E-state index in [0.29, 0.717) is 25.1 Å². The first-order valence-corrected chi connectivity index (χ1v) is 13.4. The number of Topliss-reactive ketones (excluding diaryl/α,β-unsaturated/α-hetero) is 1. The molecule has 0 radical (unpaired) electrons. The summed E-state index contributed by atoms with van der Waals surface area (Å²) in [5.74, 6) is 0.535. The van der Waals surface area contributed by atoms with E-state index in [1.807, 2.05) is 0 Å². The lowest BCUT2D eigenvalue weighted by atomic mass is 10.1. The number of carbonyl (C=O) groups excluding carboxylic acids is 1. The lowest BCUT2D eigenvalue weighted by Gasteiger charge is -2.24. The Morgan fingerprint density at radius 1 is 1.26 bits per heavy atom. The highest BCUT2D eigenvalue weighted by molar-refractivity contribution is 5.91. The third kappa shape index (κ3) is 7.14. The van der Waals surface area contributed by atoms with Gasteiger partial charge >= 0.3 is 0 Å². The number of rotatable bonds is 14. The lowest BCUT2D eigenvalue weighted by Crippen LogP contribution is -2.41. The molecule has 3 heterocycles. The normalized spacial score (nSPS) is 13.8. The first-order chi connectivity index (χ1) is 18.5. The molecule has 0 bridgehead atoms. The molecule has 1 aromatic carbocycles. The van der Waals surface area contributed by atoms with Crippen molar-refractivity contribution in [1.82, 2.24) is 14.9 Å². The van der Waals surface area contributed by atoms with Crippen LogP contribution in [0.25, 0.3) is 10.9 Å². The summed E-state index contributed by atoms with van der Waals surface area (Å²) >= 11 is 0. The van der Waals surface area contributed by atoms with E-state index in [4.69, 9.17) is 9.72 Å². The number of ketones is 1. The second-order valence-corrected chi connectivity index (χ2v) is 9.80. The molecule has 4 rings (SSSR count). The summed E-state index contributed by atoms with van der Waals surface area (Å²) < 4.78 is 20.6. The molecule has 2 aromatic heterocycles. The fourth-order valence-electron chi connectivity index (χ4n) is 4.84. The number of hydrogen-bond donors (Lipinski definition) is 3. The van der Waals surface area contributed by atoms with E-state index in [9.17, 15) is 14.4 Å². The summed E-state index contributed by atoms with van der Waals surface area (Å²) in [6, 6.07) is 8.25. The van der Waals surface area contributed by atoms with Crippen LogP contribution in [0.2, 0.25) is 0 Å². The Labute approximate surface area is 223 Å². The van der Waals surface area contributed by atoms with Gasteiger partial charge in [0.15, 0.2) is 11.3 Å². The van der Waals surface area contributed by atoms with Gasteiger partial charge in [0.2, 0.25) is 0 Å². The predicted octanol–water partition coefficient (Wildman–Crippen LogP) is 3.38. The first-order valence-electron chi connectivity index (χ1n) is 13.4. The molecular formula is C28H38FN6O3+. The molecule has 38 heavy (non-hydrogen) atoms. The minimum absolute atomic E-state index is 0.0925. The van der Waals surface area contributed by atoms with Crippen molar-refractivity contribution < 1.29 is 23.9 Å². The quantitative estimate of drug-likeness (QED) is 0.167. The molecule has 3 N–H and O–H groups in total. The average molecular weight is 526 g/mol. The fourth-order valence-corrected chi connectivity index (χ4v) is 4.84. The third-order valence-electron chi connectivity index (χ3n) is 7.02. The zero-order chi connectivity index (χ0) is 26.9. The summed E-state index contributed by atoms with van der Waals surface area (Å²) in [6.45, 7) is 5.34. The van der Waals surface area contributed by atoms with Crippen LogP contribution in [0, 0.1) is 5.82 Å². The van der Waals surface area contributed by atoms with E-state index in [0.717, 1.165) is 68.0 Å². The number of unbranched alkanes of at least 4 members (excludes halogenated alkanes) is 1. The number of hydrogen-bond acceptors (Lipinski definition) is 8. The van der Waals surface area contributed by atoms with Crippen molar-refractivity contribution >= 4 is 28.3 Å². The number of aromatic nitrogens is 3. The van der Waals surface area contributed by atoms with Gasteiger partial charge in [0.25, 0.3) is 12.1 Å². The molecule has 9 nitrogen and oxygen atoms in total. The van der Waals surface area contributed by atoms with Gasteiger partial charge in [-0.25, -0.2) is 9.37 Å². The molecule has 1 atom stereocenters. The van der Waals surface area contributed by atoms with Crippen LogP contribution in [0.3, 0.4) is 0 Å². The van der Waals surface area contributed by atoms with E-state index in [-0.39, 0.29) is 17.0 Å². The number of benzene rings is 1. The number of halogens is 1.